The Morgan fingerprint density at radius 2 is 2.00 bits per heavy atom. The van der Waals surface area contributed by atoms with Gasteiger partial charge < -0.3 is 15.5 Å². The van der Waals surface area contributed by atoms with Gasteiger partial charge in [-0.05, 0) is 18.6 Å². The summed E-state index contributed by atoms with van der Waals surface area (Å²) in [6.45, 7) is 3.67. The molecule has 8 nitrogen and oxygen atoms in total. The molecule has 3 N–H and O–H groups in total. The van der Waals surface area contributed by atoms with E-state index in [2.05, 4.69) is 25.8 Å². The SMILES string of the molecule is Cl.O=C1CCC(NC(=O)c2ccc(N3CCNCC3)cn2)C(=O)N1. The third-order valence-electron chi connectivity index (χ3n) is 4.01. The molecule has 3 rings (SSSR count). The van der Waals surface area contributed by atoms with E-state index in [4.69, 9.17) is 0 Å². The van der Waals surface area contributed by atoms with Gasteiger partial charge in [-0.15, -0.1) is 12.4 Å². The first-order valence-electron chi connectivity index (χ1n) is 7.70. The monoisotopic (exact) mass is 353 g/mol. The number of hydrogen-bond donors (Lipinski definition) is 3. The van der Waals surface area contributed by atoms with Crippen LogP contribution in [0.1, 0.15) is 23.3 Å². The lowest BCUT2D eigenvalue weighted by Crippen LogP contribution is -2.52. The van der Waals surface area contributed by atoms with E-state index in [-0.39, 0.29) is 30.4 Å². The molecule has 3 heterocycles. The number of piperazine rings is 1. The van der Waals surface area contributed by atoms with Gasteiger partial charge in [-0.3, -0.25) is 19.7 Å². The molecule has 0 spiro atoms. The van der Waals surface area contributed by atoms with Crippen molar-refractivity contribution in [3.8, 4) is 0 Å². The van der Waals surface area contributed by atoms with Gasteiger partial charge in [-0.2, -0.15) is 0 Å². The lowest BCUT2D eigenvalue weighted by molar-refractivity contribution is -0.134. The maximum Gasteiger partial charge on any atom is 0.270 e. The Bertz CT molecular complexity index is 616. The highest BCUT2D eigenvalue weighted by Gasteiger charge is 2.28. The standard InChI is InChI=1S/C15H19N5O3.ClH/c21-13-4-3-12(15(23)19-13)18-14(22)11-2-1-10(9-17-11)20-7-5-16-6-8-20;/h1-2,9,12,16H,3-8H2,(H,18,22)(H,19,21,23);1H. The van der Waals surface area contributed by atoms with Crippen LogP contribution in [0, 0.1) is 0 Å². The van der Waals surface area contributed by atoms with Gasteiger partial charge in [0.25, 0.3) is 5.91 Å². The second-order valence-corrected chi connectivity index (χ2v) is 5.62. The molecular weight excluding hydrogens is 334 g/mol. The molecule has 130 valence electrons. The van der Waals surface area contributed by atoms with Gasteiger partial charge >= 0.3 is 0 Å². The van der Waals surface area contributed by atoms with Gasteiger partial charge in [0.2, 0.25) is 11.8 Å². The maximum absolute atomic E-state index is 12.2. The predicted molar refractivity (Wildman–Crippen MR) is 90.2 cm³/mol. The van der Waals surface area contributed by atoms with E-state index in [0.717, 1.165) is 31.9 Å². The van der Waals surface area contributed by atoms with Crippen molar-refractivity contribution in [3.63, 3.8) is 0 Å². The molecule has 9 heteroatoms. The topological polar surface area (TPSA) is 103 Å². The fourth-order valence-corrected chi connectivity index (χ4v) is 2.69. The molecule has 2 aliphatic rings. The van der Waals surface area contributed by atoms with Crippen LogP contribution in [0.5, 0.6) is 0 Å². The summed E-state index contributed by atoms with van der Waals surface area (Å²) in [5.41, 5.74) is 1.23. The molecule has 3 amide bonds. The minimum Gasteiger partial charge on any atom is -0.368 e. The van der Waals surface area contributed by atoms with Crippen molar-refractivity contribution in [2.75, 3.05) is 31.1 Å². The summed E-state index contributed by atoms with van der Waals surface area (Å²) in [6, 6.07) is 2.82. The molecule has 2 fully saturated rings. The van der Waals surface area contributed by atoms with Crippen LogP contribution in [0.15, 0.2) is 18.3 Å². The highest BCUT2D eigenvalue weighted by molar-refractivity contribution is 6.03. The van der Waals surface area contributed by atoms with E-state index in [1.54, 1.807) is 12.3 Å². The fraction of sp³-hybridized carbons (Fsp3) is 0.467. The number of aromatic nitrogens is 1. The second-order valence-electron chi connectivity index (χ2n) is 5.62. The molecule has 2 saturated heterocycles. The summed E-state index contributed by atoms with van der Waals surface area (Å²) in [7, 11) is 0. The van der Waals surface area contributed by atoms with E-state index >= 15 is 0 Å². The maximum atomic E-state index is 12.2. The highest BCUT2D eigenvalue weighted by Crippen LogP contribution is 2.14. The van der Waals surface area contributed by atoms with Crippen molar-refractivity contribution >= 4 is 35.8 Å². The zero-order chi connectivity index (χ0) is 16.2. The highest BCUT2D eigenvalue weighted by atomic mass is 35.5. The number of nitrogens with zero attached hydrogens (tertiary/aromatic N) is 2. The number of rotatable bonds is 3. The zero-order valence-corrected chi connectivity index (χ0v) is 13.9. The first-order valence-corrected chi connectivity index (χ1v) is 7.70. The van der Waals surface area contributed by atoms with Crippen LogP contribution in [0.25, 0.3) is 0 Å². The molecule has 0 radical (unpaired) electrons. The Balaban J connectivity index is 0.00000208. The molecule has 1 atom stereocenters. The molecule has 0 aromatic carbocycles. The number of carbonyl (C=O) groups excluding carboxylic acids is 3. The fourth-order valence-electron chi connectivity index (χ4n) is 2.69. The molecule has 24 heavy (non-hydrogen) atoms. The van der Waals surface area contributed by atoms with E-state index in [0.29, 0.717) is 6.42 Å². The summed E-state index contributed by atoms with van der Waals surface area (Å²) in [4.78, 5) is 41.3. The number of amides is 3. The molecular formula is C15H20ClN5O3. The van der Waals surface area contributed by atoms with E-state index in [1.807, 2.05) is 6.07 Å². The number of carbonyl (C=O) groups is 3. The van der Waals surface area contributed by atoms with Crippen molar-refractivity contribution in [1.82, 2.24) is 20.9 Å². The molecule has 1 aromatic heterocycles. The molecule has 0 aliphatic carbocycles. The number of anilines is 1. The lowest BCUT2D eigenvalue weighted by Gasteiger charge is -2.29. The first-order chi connectivity index (χ1) is 11.1. The van der Waals surface area contributed by atoms with Crippen molar-refractivity contribution in [1.29, 1.82) is 0 Å². The molecule has 1 unspecified atom stereocenters. The Kier molecular flexibility index (Phi) is 6.10. The number of hydrogen-bond acceptors (Lipinski definition) is 6. The van der Waals surface area contributed by atoms with Gasteiger partial charge in [0.05, 0.1) is 11.9 Å². The van der Waals surface area contributed by atoms with Crippen LogP contribution in [0.4, 0.5) is 5.69 Å². The Hall–Kier alpha value is -2.19. The van der Waals surface area contributed by atoms with Crippen molar-refractivity contribution in [2.45, 2.75) is 18.9 Å². The Morgan fingerprint density at radius 1 is 1.25 bits per heavy atom. The van der Waals surface area contributed by atoms with Gasteiger partial charge in [-0.1, -0.05) is 0 Å². The van der Waals surface area contributed by atoms with Gasteiger partial charge in [-0.25, -0.2) is 4.98 Å². The number of imide groups is 1. The summed E-state index contributed by atoms with van der Waals surface area (Å²) in [6.07, 6.45) is 2.21. The van der Waals surface area contributed by atoms with E-state index in [1.165, 1.54) is 0 Å². The summed E-state index contributed by atoms with van der Waals surface area (Å²) >= 11 is 0. The van der Waals surface area contributed by atoms with E-state index < -0.39 is 17.9 Å². The largest absolute Gasteiger partial charge is 0.368 e. The van der Waals surface area contributed by atoms with Crippen LogP contribution in [0.2, 0.25) is 0 Å². The normalized spacial score (nSPS) is 20.8. The number of pyridine rings is 1. The number of nitrogens with one attached hydrogen (secondary N) is 3. The van der Waals surface area contributed by atoms with Gasteiger partial charge in [0.15, 0.2) is 0 Å². The Morgan fingerprint density at radius 3 is 2.62 bits per heavy atom. The van der Waals surface area contributed by atoms with Crippen LogP contribution >= 0.6 is 12.4 Å². The minimum atomic E-state index is -0.685. The zero-order valence-electron chi connectivity index (χ0n) is 13.1. The summed E-state index contributed by atoms with van der Waals surface area (Å²) in [5.74, 6) is -1.18. The molecule has 0 saturated carbocycles. The minimum absolute atomic E-state index is 0. The second kappa shape index (κ2) is 8.07. The summed E-state index contributed by atoms with van der Waals surface area (Å²) < 4.78 is 0. The first kappa shape index (κ1) is 18.2. The van der Waals surface area contributed by atoms with Crippen LogP contribution in [0.3, 0.4) is 0 Å². The average molecular weight is 354 g/mol. The third-order valence-corrected chi connectivity index (χ3v) is 4.01. The molecule has 2 aliphatic heterocycles. The quantitative estimate of drug-likeness (QED) is 0.630. The molecule has 0 bridgehead atoms. The van der Waals surface area contributed by atoms with Crippen molar-refractivity contribution in [3.05, 3.63) is 24.0 Å². The van der Waals surface area contributed by atoms with Crippen molar-refractivity contribution < 1.29 is 14.4 Å². The van der Waals surface area contributed by atoms with Crippen molar-refractivity contribution in [2.24, 2.45) is 0 Å². The summed E-state index contributed by atoms with van der Waals surface area (Å²) in [5, 5.41) is 8.11. The average Bonchev–Trinajstić information content (AvgIpc) is 2.58. The number of piperidine rings is 1. The third kappa shape index (κ3) is 4.21. The van der Waals surface area contributed by atoms with Crippen LogP contribution < -0.4 is 20.9 Å². The van der Waals surface area contributed by atoms with Crippen LogP contribution in [-0.4, -0.2) is 54.9 Å². The smallest absolute Gasteiger partial charge is 0.270 e. The van der Waals surface area contributed by atoms with Gasteiger partial charge in [0.1, 0.15) is 11.7 Å². The number of halogens is 1. The molecule has 1 aromatic rings. The van der Waals surface area contributed by atoms with E-state index in [9.17, 15) is 14.4 Å². The predicted octanol–water partition coefficient (Wildman–Crippen LogP) is -0.552. The van der Waals surface area contributed by atoms with Crippen LogP contribution in [-0.2, 0) is 9.59 Å². The van der Waals surface area contributed by atoms with Gasteiger partial charge in [0, 0.05) is 32.6 Å². The Labute approximate surface area is 145 Å². The lowest BCUT2D eigenvalue weighted by atomic mass is 10.1.